The van der Waals surface area contributed by atoms with E-state index in [0.717, 1.165) is 34.5 Å². The fourth-order valence-corrected chi connectivity index (χ4v) is 5.11. The molecule has 1 amide bonds. The largest absolute Gasteiger partial charge is 0.393 e. The van der Waals surface area contributed by atoms with Crippen molar-refractivity contribution in [3.05, 3.63) is 71.3 Å². The summed E-state index contributed by atoms with van der Waals surface area (Å²) in [6.07, 6.45) is 7.39. The number of piperidine rings is 1. The summed E-state index contributed by atoms with van der Waals surface area (Å²) in [7, 11) is -2.06. The van der Waals surface area contributed by atoms with Gasteiger partial charge < -0.3 is 20.8 Å². The van der Waals surface area contributed by atoms with E-state index in [2.05, 4.69) is 16.7 Å². The number of allylic oxidation sites excluding steroid dienone is 1. The Kier molecular flexibility index (Phi) is 8.69. The van der Waals surface area contributed by atoms with Crippen LogP contribution in [0.3, 0.4) is 0 Å². The van der Waals surface area contributed by atoms with Gasteiger partial charge >= 0.3 is 0 Å². The van der Waals surface area contributed by atoms with E-state index in [1.54, 1.807) is 18.2 Å². The smallest absolute Gasteiger partial charge is 0.251 e. The van der Waals surface area contributed by atoms with Gasteiger partial charge in [0.05, 0.1) is 30.2 Å². The maximum Gasteiger partial charge on any atom is 0.251 e. The zero-order valence-electron chi connectivity index (χ0n) is 21.4. The Morgan fingerprint density at radius 2 is 1.92 bits per heavy atom. The molecular formula is C28H37N3O5S. The zero-order valence-corrected chi connectivity index (χ0v) is 22.2. The first-order valence-electron chi connectivity index (χ1n) is 12.8. The second-order valence-corrected chi connectivity index (χ2v) is 12.3. The summed E-state index contributed by atoms with van der Waals surface area (Å²) in [6, 6.07) is 13.7. The van der Waals surface area contributed by atoms with Crippen molar-refractivity contribution in [1.82, 2.24) is 10.6 Å². The number of hydrogen-bond donors (Lipinski definition) is 4. The Morgan fingerprint density at radius 1 is 1.19 bits per heavy atom. The molecular weight excluding hydrogens is 490 g/mol. The lowest BCUT2D eigenvalue weighted by Gasteiger charge is -2.35. The Balaban J connectivity index is 1.62. The molecule has 200 valence electrons. The molecule has 0 aromatic heterocycles. The van der Waals surface area contributed by atoms with E-state index in [-0.39, 0.29) is 6.04 Å². The predicted octanol–water partition coefficient (Wildman–Crippen LogP) is 2.32. The Hall–Kier alpha value is -2.72. The molecule has 1 saturated heterocycles. The molecule has 1 saturated carbocycles. The van der Waals surface area contributed by atoms with Crippen LogP contribution >= 0.6 is 0 Å². The molecule has 2 fully saturated rings. The van der Waals surface area contributed by atoms with E-state index in [1.165, 1.54) is 7.05 Å². The molecule has 0 spiro atoms. The number of anilines is 1. The van der Waals surface area contributed by atoms with Crippen molar-refractivity contribution in [3.63, 3.8) is 0 Å². The second kappa shape index (κ2) is 11.8. The van der Waals surface area contributed by atoms with Crippen molar-refractivity contribution < 1.29 is 23.4 Å². The third kappa shape index (κ3) is 7.64. The van der Waals surface area contributed by atoms with Crippen molar-refractivity contribution in [2.75, 3.05) is 24.2 Å². The van der Waals surface area contributed by atoms with E-state index in [9.17, 15) is 23.4 Å². The van der Waals surface area contributed by atoms with E-state index < -0.39 is 34.2 Å². The maximum atomic E-state index is 13.5. The van der Waals surface area contributed by atoms with Crippen molar-refractivity contribution in [2.45, 2.75) is 56.4 Å². The van der Waals surface area contributed by atoms with Crippen LogP contribution in [0.1, 0.15) is 47.2 Å². The molecule has 1 aliphatic heterocycles. The first kappa shape index (κ1) is 27.3. The second-order valence-electron chi connectivity index (χ2n) is 10.2. The number of aliphatic hydroxyl groups excluding tert-OH is 2. The van der Waals surface area contributed by atoms with Crippen LogP contribution in [0.4, 0.5) is 5.69 Å². The molecule has 2 aromatic rings. The van der Waals surface area contributed by atoms with Crippen molar-refractivity contribution in [2.24, 2.45) is 5.92 Å². The van der Waals surface area contributed by atoms with Gasteiger partial charge in [-0.3, -0.25) is 9.10 Å². The van der Waals surface area contributed by atoms with Crippen molar-refractivity contribution in [3.8, 4) is 0 Å². The first-order chi connectivity index (χ1) is 17.6. The molecule has 2 aliphatic rings. The highest BCUT2D eigenvalue weighted by Crippen LogP contribution is 2.31. The monoisotopic (exact) mass is 527 g/mol. The van der Waals surface area contributed by atoms with Gasteiger partial charge in [0.25, 0.3) is 5.91 Å². The van der Waals surface area contributed by atoms with Crippen LogP contribution in [0.25, 0.3) is 6.08 Å². The molecule has 4 N–H and O–H groups in total. The van der Waals surface area contributed by atoms with Gasteiger partial charge in [-0.15, -0.1) is 0 Å². The summed E-state index contributed by atoms with van der Waals surface area (Å²) in [5, 5.41) is 27.7. The highest BCUT2D eigenvalue weighted by atomic mass is 32.2. The highest BCUT2D eigenvalue weighted by molar-refractivity contribution is 7.92. The summed E-state index contributed by atoms with van der Waals surface area (Å²) in [6.45, 7) is 0.589. The molecule has 0 radical (unpaired) electrons. The summed E-state index contributed by atoms with van der Waals surface area (Å²) < 4.78 is 25.6. The average Bonchev–Trinajstić information content (AvgIpc) is 3.70. The molecule has 8 nitrogen and oxygen atoms in total. The normalized spacial score (nSPS) is 21.9. The summed E-state index contributed by atoms with van der Waals surface area (Å²) >= 11 is 0. The number of benzene rings is 2. The van der Waals surface area contributed by atoms with Gasteiger partial charge in [0, 0.05) is 18.7 Å². The van der Waals surface area contributed by atoms with Gasteiger partial charge in [-0.25, -0.2) is 8.42 Å². The lowest BCUT2D eigenvalue weighted by Crippen LogP contribution is -2.56. The SMILES string of the molecule is CN(c1cc(/C=C\C2CC2)cc(C(=O)NC(Cc2ccccc2)C(O)C2CC(O)CCN2)c1)S(C)(=O)=O. The van der Waals surface area contributed by atoms with Crippen LogP contribution in [-0.2, 0) is 16.4 Å². The van der Waals surface area contributed by atoms with Crippen LogP contribution in [0.5, 0.6) is 0 Å². The predicted molar refractivity (Wildman–Crippen MR) is 146 cm³/mol. The van der Waals surface area contributed by atoms with E-state index >= 15 is 0 Å². The molecule has 1 aliphatic carbocycles. The van der Waals surface area contributed by atoms with Crippen LogP contribution in [-0.4, -0.2) is 68.7 Å². The van der Waals surface area contributed by atoms with E-state index in [4.69, 9.17) is 0 Å². The first-order valence-corrected chi connectivity index (χ1v) is 14.7. The number of hydrogen-bond acceptors (Lipinski definition) is 6. The van der Waals surface area contributed by atoms with Crippen LogP contribution in [0.15, 0.2) is 54.6 Å². The van der Waals surface area contributed by atoms with Gasteiger partial charge in [-0.2, -0.15) is 0 Å². The fraction of sp³-hybridized carbons (Fsp3) is 0.464. The summed E-state index contributed by atoms with van der Waals surface area (Å²) in [4.78, 5) is 13.5. The van der Waals surface area contributed by atoms with Gasteiger partial charge in [0.2, 0.25) is 10.0 Å². The topological polar surface area (TPSA) is 119 Å². The molecule has 9 heteroatoms. The molecule has 2 aromatic carbocycles. The standard InChI is InChI=1S/C28H37N3O5S/c1-31(37(2,35)36)23-15-21(11-10-19-8-9-19)14-22(17-23)28(34)30-26(16-20-6-4-3-5-7-20)27(33)25-18-24(32)12-13-29-25/h3-7,10-11,14-15,17,19,24-27,29,32-33H,8-9,12-13,16,18H2,1-2H3,(H,30,34)/b11-10-. The van der Waals surface area contributed by atoms with Crippen LogP contribution < -0.4 is 14.9 Å². The number of aliphatic hydroxyl groups is 2. The van der Waals surface area contributed by atoms with Gasteiger partial charge in [0.1, 0.15) is 0 Å². The molecule has 4 atom stereocenters. The molecule has 4 unspecified atom stereocenters. The number of amides is 1. The Morgan fingerprint density at radius 3 is 2.57 bits per heavy atom. The number of carbonyl (C=O) groups excluding carboxylic acids is 1. The Bertz CT molecular complexity index is 1210. The highest BCUT2D eigenvalue weighted by Gasteiger charge is 2.33. The third-order valence-corrected chi connectivity index (χ3v) is 8.30. The minimum atomic E-state index is -3.53. The molecule has 37 heavy (non-hydrogen) atoms. The zero-order chi connectivity index (χ0) is 26.6. The van der Waals surface area contributed by atoms with E-state index in [1.807, 2.05) is 36.4 Å². The fourth-order valence-electron chi connectivity index (χ4n) is 4.62. The molecule has 0 bridgehead atoms. The minimum absolute atomic E-state index is 0.311. The van der Waals surface area contributed by atoms with Crippen LogP contribution in [0, 0.1) is 5.92 Å². The summed E-state index contributed by atoms with van der Waals surface area (Å²) in [5.74, 6) is 0.124. The average molecular weight is 528 g/mol. The number of sulfonamides is 1. The van der Waals surface area contributed by atoms with Crippen LogP contribution in [0.2, 0.25) is 0 Å². The lowest BCUT2D eigenvalue weighted by molar-refractivity contribution is 0.0339. The summed E-state index contributed by atoms with van der Waals surface area (Å²) in [5.41, 5.74) is 2.40. The molecule has 1 heterocycles. The third-order valence-electron chi connectivity index (χ3n) is 7.10. The van der Waals surface area contributed by atoms with Crippen molar-refractivity contribution >= 4 is 27.7 Å². The number of carbonyl (C=O) groups is 1. The lowest BCUT2D eigenvalue weighted by atomic mass is 9.90. The maximum absolute atomic E-state index is 13.5. The van der Waals surface area contributed by atoms with Crippen molar-refractivity contribution in [1.29, 1.82) is 0 Å². The number of nitrogens with zero attached hydrogens (tertiary/aromatic N) is 1. The van der Waals surface area contributed by atoms with Gasteiger partial charge in [-0.05, 0) is 73.9 Å². The van der Waals surface area contributed by atoms with Gasteiger partial charge in [0.15, 0.2) is 0 Å². The van der Waals surface area contributed by atoms with E-state index in [0.29, 0.717) is 43.0 Å². The minimum Gasteiger partial charge on any atom is -0.393 e. The Labute approximate surface area is 219 Å². The quantitative estimate of drug-likeness (QED) is 0.377. The number of nitrogens with one attached hydrogen (secondary N) is 2. The molecule has 4 rings (SSSR count). The van der Waals surface area contributed by atoms with Gasteiger partial charge in [-0.1, -0.05) is 42.5 Å². The number of rotatable bonds is 10.